The lowest BCUT2D eigenvalue weighted by atomic mass is 10.1. The fourth-order valence-electron chi connectivity index (χ4n) is 2.77. The van der Waals surface area contributed by atoms with Crippen LogP contribution in [0.2, 0.25) is 0 Å². The standard InChI is InChI=1S/C20H13N3O4S2/c24-19-18(29-20(28)22(19)12-13-2-1-9-21-11-13)10-16-7-8-17(27-16)14-3-5-15(6-4-14)23(25)26/h1-11H,12H2/b18-10+. The normalized spacial score (nSPS) is 15.3. The van der Waals surface area contributed by atoms with Crippen molar-refractivity contribution in [3.8, 4) is 11.3 Å². The Balaban J connectivity index is 1.52. The molecule has 2 aromatic heterocycles. The van der Waals surface area contributed by atoms with Gasteiger partial charge in [0.1, 0.15) is 15.8 Å². The molecule has 0 aliphatic carbocycles. The van der Waals surface area contributed by atoms with Crippen LogP contribution in [0, 0.1) is 10.1 Å². The molecule has 0 saturated carbocycles. The highest BCUT2D eigenvalue weighted by molar-refractivity contribution is 8.26. The van der Waals surface area contributed by atoms with Crippen molar-refractivity contribution in [3.05, 3.63) is 87.3 Å². The number of rotatable bonds is 5. The van der Waals surface area contributed by atoms with E-state index in [2.05, 4.69) is 4.98 Å². The van der Waals surface area contributed by atoms with Crippen LogP contribution in [-0.4, -0.2) is 25.0 Å². The molecule has 1 fully saturated rings. The number of hydrogen-bond acceptors (Lipinski definition) is 7. The number of furan rings is 1. The maximum atomic E-state index is 12.7. The minimum atomic E-state index is -0.454. The molecular weight excluding hydrogens is 410 g/mol. The molecule has 0 unspecified atom stereocenters. The number of non-ortho nitro benzene ring substituents is 1. The molecule has 0 N–H and O–H groups in total. The van der Waals surface area contributed by atoms with Crippen LogP contribution in [0.1, 0.15) is 11.3 Å². The van der Waals surface area contributed by atoms with E-state index in [-0.39, 0.29) is 11.6 Å². The Hall–Kier alpha value is -3.30. The predicted molar refractivity (Wildman–Crippen MR) is 114 cm³/mol. The third kappa shape index (κ3) is 4.10. The molecule has 1 aromatic carbocycles. The highest BCUT2D eigenvalue weighted by atomic mass is 32.2. The number of thiocarbonyl (C=S) groups is 1. The zero-order valence-corrected chi connectivity index (χ0v) is 16.5. The number of pyridine rings is 1. The summed E-state index contributed by atoms with van der Waals surface area (Å²) in [6.07, 6.45) is 5.02. The van der Waals surface area contributed by atoms with Crippen LogP contribution in [0.25, 0.3) is 17.4 Å². The number of nitro benzene ring substituents is 1. The summed E-state index contributed by atoms with van der Waals surface area (Å²) in [7, 11) is 0. The molecule has 9 heteroatoms. The summed E-state index contributed by atoms with van der Waals surface area (Å²) >= 11 is 6.57. The van der Waals surface area contributed by atoms with Crippen LogP contribution in [-0.2, 0) is 11.3 Å². The van der Waals surface area contributed by atoms with E-state index in [1.54, 1.807) is 42.7 Å². The van der Waals surface area contributed by atoms with Crippen molar-refractivity contribution < 1.29 is 14.1 Å². The number of carbonyl (C=O) groups excluding carboxylic acids is 1. The lowest BCUT2D eigenvalue weighted by molar-refractivity contribution is -0.384. The van der Waals surface area contributed by atoms with Gasteiger partial charge in [0, 0.05) is 36.2 Å². The smallest absolute Gasteiger partial charge is 0.269 e. The molecule has 3 aromatic rings. The number of thioether (sulfide) groups is 1. The molecule has 0 radical (unpaired) electrons. The van der Waals surface area contributed by atoms with E-state index in [9.17, 15) is 14.9 Å². The number of nitrogens with zero attached hydrogens (tertiary/aromatic N) is 3. The summed E-state index contributed by atoms with van der Waals surface area (Å²) in [5.74, 6) is 0.870. The maximum Gasteiger partial charge on any atom is 0.269 e. The van der Waals surface area contributed by atoms with Gasteiger partial charge >= 0.3 is 0 Å². The molecule has 144 valence electrons. The topological polar surface area (TPSA) is 89.5 Å². The highest BCUT2D eigenvalue weighted by Crippen LogP contribution is 2.34. The fourth-order valence-corrected chi connectivity index (χ4v) is 4.01. The molecule has 7 nitrogen and oxygen atoms in total. The third-order valence-corrected chi connectivity index (χ3v) is 5.58. The number of hydrogen-bond donors (Lipinski definition) is 0. The summed E-state index contributed by atoms with van der Waals surface area (Å²) in [5, 5.41) is 10.8. The van der Waals surface area contributed by atoms with Crippen LogP contribution in [0.4, 0.5) is 5.69 Å². The van der Waals surface area contributed by atoms with Gasteiger partial charge in [-0.25, -0.2) is 0 Å². The molecule has 0 bridgehead atoms. The summed E-state index contributed by atoms with van der Waals surface area (Å²) in [4.78, 5) is 29.1. The maximum absolute atomic E-state index is 12.7. The highest BCUT2D eigenvalue weighted by Gasteiger charge is 2.32. The van der Waals surface area contributed by atoms with Gasteiger partial charge in [0.15, 0.2) is 0 Å². The van der Waals surface area contributed by atoms with Gasteiger partial charge in [-0.15, -0.1) is 0 Å². The minimum Gasteiger partial charge on any atom is -0.457 e. The molecule has 1 saturated heterocycles. The molecule has 1 aliphatic rings. The van der Waals surface area contributed by atoms with E-state index in [1.165, 1.54) is 28.8 Å². The molecular formula is C20H13N3O4S2. The zero-order chi connectivity index (χ0) is 20.4. The van der Waals surface area contributed by atoms with Crippen LogP contribution in [0.3, 0.4) is 0 Å². The SMILES string of the molecule is O=C1/C(=C\c2ccc(-c3ccc([N+](=O)[O-])cc3)o2)SC(=S)N1Cc1cccnc1. The Kier molecular flexibility index (Phi) is 5.24. The van der Waals surface area contributed by atoms with Gasteiger partial charge < -0.3 is 4.42 Å². The number of amides is 1. The van der Waals surface area contributed by atoms with E-state index < -0.39 is 4.92 Å². The lowest BCUT2D eigenvalue weighted by Crippen LogP contribution is -2.27. The van der Waals surface area contributed by atoms with E-state index in [0.717, 1.165) is 5.56 Å². The van der Waals surface area contributed by atoms with Crippen molar-refractivity contribution in [1.29, 1.82) is 0 Å². The average molecular weight is 423 g/mol. The lowest BCUT2D eigenvalue weighted by Gasteiger charge is -2.13. The van der Waals surface area contributed by atoms with Gasteiger partial charge in [0.05, 0.1) is 16.4 Å². The summed E-state index contributed by atoms with van der Waals surface area (Å²) in [6, 6.07) is 13.3. The van der Waals surface area contributed by atoms with Crippen LogP contribution in [0.5, 0.6) is 0 Å². The van der Waals surface area contributed by atoms with Crippen molar-refractivity contribution in [2.75, 3.05) is 0 Å². The Bertz CT molecular complexity index is 1120. The summed E-state index contributed by atoms with van der Waals surface area (Å²) in [6.45, 7) is 0.363. The molecule has 1 aliphatic heterocycles. The van der Waals surface area contributed by atoms with Gasteiger partial charge in [-0.2, -0.15) is 0 Å². The van der Waals surface area contributed by atoms with E-state index in [1.807, 2.05) is 12.1 Å². The minimum absolute atomic E-state index is 0.0119. The van der Waals surface area contributed by atoms with Gasteiger partial charge in [0.2, 0.25) is 0 Å². The quantitative estimate of drug-likeness (QED) is 0.255. The van der Waals surface area contributed by atoms with Gasteiger partial charge in [-0.1, -0.05) is 30.0 Å². The van der Waals surface area contributed by atoms with Gasteiger partial charge in [0.25, 0.3) is 11.6 Å². The zero-order valence-electron chi connectivity index (χ0n) is 14.8. The van der Waals surface area contributed by atoms with Crippen molar-refractivity contribution in [2.24, 2.45) is 0 Å². The molecule has 1 amide bonds. The van der Waals surface area contributed by atoms with Crippen LogP contribution >= 0.6 is 24.0 Å². The van der Waals surface area contributed by atoms with E-state index in [0.29, 0.717) is 32.9 Å². The molecule has 3 heterocycles. The fraction of sp³-hybridized carbons (Fsp3) is 0.0500. The number of carbonyl (C=O) groups is 1. The first kappa shape index (κ1) is 19.0. The van der Waals surface area contributed by atoms with E-state index >= 15 is 0 Å². The van der Waals surface area contributed by atoms with Crippen molar-refractivity contribution in [1.82, 2.24) is 9.88 Å². The van der Waals surface area contributed by atoms with Crippen LogP contribution < -0.4 is 0 Å². The first-order chi connectivity index (χ1) is 14.0. The summed E-state index contributed by atoms with van der Waals surface area (Å²) in [5.41, 5.74) is 1.61. The van der Waals surface area contributed by atoms with Gasteiger partial charge in [-0.05, 0) is 35.9 Å². The Morgan fingerprint density at radius 2 is 2.00 bits per heavy atom. The first-order valence-electron chi connectivity index (χ1n) is 8.50. The monoisotopic (exact) mass is 423 g/mol. The molecule has 4 rings (SSSR count). The third-order valence-electron chi connectivity index (χ3n) is 4.20. The summed E-state index contributed by atoms with van der Waals surface area (Å²) < 4.78 is 6.26. The molecule has 0 spiro atoms. The van der Waals surface area contributed by atoms with Gasteiger partial charge in [-0.3, -0.25) is 24.8 Å². The van der Waals surface area contributed by atoms with E-state index in [4.69, 9.17) is 16.6 Å². The Labute approximate surface area is 175 Å². The Morgan fingerprint density at radius 3 is 2.69 bits per heavy atom. The van der Waals surface area contributed by atoms with Crippen molar-refractivity contribution >= 4 is 46.0 Å². The van der Waals surface area contributed by atoms with Crippen LogP contribution in [0.15, 0.2) is 70.2 Å². The predicted octanol–water partition coefficient (Wildman–Crippen LogP) is 4.65. The second-order valence-corrected chi connectivity index (χ2v) is 7.81. The number of benzene rings is 1. The molecule has 0 atom stereocenters. The van der Waals surface area contributed by atoms with Crippen molar-refractivity contribution in [2.45, 2.75) is 6.54 Å². The Morgan fingerprint density at radius 1 is 1.21 bits per heavy atom. The second kappa shape index (κ2) is 7.98. The molecule has 29 heavy (non-hydrogen) atoms. The first-order valence-corrected chi connectivity index (χ1v) is 9.73. The number of aromatic nitrogens is 1. The largest absolute Gasteiger partial charge is 0.457 e. The van der Waals surface area contributed by atoms with Crippen molar-refractivity contribution in [3.63, 3.8) is 0 Å². The number of nitro groups is 1. The second-order valence-electron chi connectivity index (χ2n) is 6.14. The average Bonchev–Trinajstić information content (AvgIpc) is 3.29.